The summed E-state index contributed by atoms with van der Waals surface area (Å²) in [6.45, 7) is 0. The molecule has 4 nitrogen and oxygen atoms in total. The normalized spacial score (nSPS) is 15.4. The zero-order valence-corrected chi connectivity index (χ0v) is 9.94. The van der Waals surface area contributed by atoms with Crippen molar-refractivity contribution in [2.75, 3.05) is 5.32 Å². The lowest BCUT2D eigenvalue weighted by Gasteiger charge is -2.17. The first-order valence-electron chi connectivity index (χ1n) is 4.78. The van der Waals surface area contributed by atoms with Crippen LogP contribution in [-0.4, -0.2) is 14.3 Å². The third-order valence-corrected chi connectivity index (χ3v) is 3.41. The van der Waals surface area contributed by atoms with Crippen molar-refractivity contribution in [1.29, 1.82) is 0 Å². The van der Waals surface area contributed by atoms with Crippen molar-refractivity contribution in [3.63, 3.8) is 0 Å². The predicted molar refractivity (Wildman–Crippen MR) is 61.9 cm³/mol. The quantitative estimate of drug-likeness (QED) is 0.822. The van der Waals surface area contributed by atoms with Crippen molar-refractivity contribution in [2.45, 2.75) is 18.6 Å². The molecule has 16 heavy (non-hydrogen) atoms. The summed E-state index contributed by atoms with van der Waals surface area (Å²) in [6, 6.07) is 5.20. The molecule has 0 fully saturated rings. The minimum absolute atomic E-state index is 0.0432. The molecule has 1 heterocycles. The van der Waals surface area contributed by atoms with E-state index in [1.54, 1.807) is 12.1 Å². The average molecular weight is 260 g/mol. The molecule has 86 valence electrons. The first-order chi connectivity index (χ1) is 7.44. The molecule has 0 aromatic heterocycles. The van der Waals surface area contributed by atoms with Crippen LogP contribution in [0.2, 0.25) is 0 Å². The zero-order chi connectivity index (χ0) is 11.8. The SMILES string of the molecule is O=C1CCc2ccc(CS(=O)(=O)Cl)cc2N1. The van der Waals surface area contributed by atoms with E-state index >= 15 is 0 Å². The standard InChI is InChI=1S/C10H10ClNO3S/c11-16(14,15)6-7-1-2-8-3-4-10(13)12-9(8)5-7/h1-2,5H,3-4,6H2,(H,12,13). The fraction of sp³-hybridized carbons (Fsp3) is 0.300. The van der Waals surface area contributed by atoms with E-state index in [1.165, 1.54) is 0 Å². The van der Waals surface area contributed by atoms with Gasteiger partial charge in [-0.3, -0.25) is 4.79 Å². The van der Waals surface area contributed by atoms with Gasteiger partial charge in [0.15, 0.2) is 0 Å². The Morgan fingerprint density at radius 2 is 2.06 bits per heavy atom. The fourth-order valence-electron chi connectivity index (χ4n) is 1.71. The van der Waals surface area contributed by atoms with E-state index < -0.39 is 9.05 Å². The molecule has 0 atom stereocenters. The number of nitrogens with one attached hydrogen (secondary N) is 1. The number of hydrogen-bond acceptors (Lipinski definition) is 3. The Morgan fingerprint density at radius 1 is 1.31 bits per heavy atom. The number of benzene rings is 1. The van der Waals surface area contributed by atoms with E-state index in [9.17, 15) is 13.2 Å². The Labute approximate surface area is 98.0 Å². The molecule has 2 rings (SSSR count). The Hall–Kier alpha value is -1.07. The highest BCUT2D eigenvalue weighted by Gasteiger charge is 2.16. The van der Waals surface area contributed by atoms with Gasteiger partial charge in [0, 0.05) is 22.8 Å². The monoisotopic (exact) mass is 259 g/mol. The first kappa shape index (κ1) is 11.4. The molecule has 0 radical (unpaired) electrons. The van der Waals surface area contributed by atoms with Gasteiger partial charge in [-0.05, 0) is 23.6 Å². The van der Waals surface area contributed by atoms with Crippen LogP contribution < -0.4 is 5.32 Å². The summed E-state index contributed by atoms with van der Waals surface area (Å²) < 4.78 is 21.8. The van der Waals surface area contributed by atoms with Gasteiger partial charge in [0.2, 0.25) is 15.0 Å². The second kappa shape index (κ2) is 4.07. The van der Waals surface area contributed by atoms with Gasteiger partial charge in [-0.15, -0.1) is 0 Å². The molecule has 1 N–H and O–H groups in total. The van der Waals surface area contributed by atoms with Gasteiger partial charge in [-0.1, -0.05) is 12.1 Å². The summed E-state index contributed by atoms with van der Waals surface area (Å²) in [5.74, 6) is -0.268. The lowest BCUT2D eigenvalue weighted by molar-refractivity contribution is -0.116. The van der Waals surface area contributed by atoms with Crippen molar-refractivity contribution < 1.29 is 13.2 Å². The average Bonchev–Trinajstić information content (AvgIpc) is 2.14. The van der Waals surface area contributed by atoms with Crippen molar-refractivity contribution >= 4 is 31.3 Å². The molecular formula is C10H10ClNO3S. The highest BCUT2D eigenvalue weighted by atomic mass is 35.7. The molecule has 0 unspecified atom stereocenters. The molecule has 0 saturated carbocycles. The smallest absolute Gasteiger partial charge is 0.236 e. The number of carbonyl (C=O) groups is 1. The third-order valence-electron chi connectivity index (χ3n) is 2.41. The first-order valence-corrected chi connectivity index (χ1v) is 7.26. The van der Waals surface area contributed by atoms with Crippen LogP contribution in [-0.2, 0) is 26.0 Å². The summed E-state index contributed by atoms with van der Waals surface area (Å²) in [5, 5.41) is 2.71. The van der Waals surface area contributed by atoms with Crippen LogP contribution >= 0.6 is 10.7 Å². The molecule has 0 saturated heterocycles. The number of anilines is 1. The number of carbonyl (C=O) groups excluding carboxylic acids is 1. The minimum atomic E-state index is -3.56. The van der Waals surface area contributed by atoms with Crippen LogP contribution in [0.15, 0.2) is 18.2 Å². The largest absolute Gasteiger partial charge is 0.326 e. The summed E-state index contributed by atoms with van der Waals surface area (Å²) in [4.78, 5) is 11.2. The highest BCUT2D eigenvalue weighted by Crippen LogP contribution is 2.24. The summed E-state index contributed by atoms with van der Waals surface area (Å²) in [6.07, 6.45) is 1.16. The summed E-state index contributed by atoms with van der Waals surface area (Å²) in [5.41, 5.74) is 2.29. The van der Waals surface area contributed by atoms with E-state index in [-0.39, 0.29) is 11.7 Å². The van der Waals surface area contributed by atoms with Gasteiger partial charge in [0.05, 0.1) is 5.75 Å². The van der Waals surface area contributed by atoms with E-state index in [0.717, 1.165) is 5.56 Å². The van der Waals surface area contributed by atoms with Crippen LogP contribution in [0.4, 0.5) is 5.69 Å². The minimum Gasteiger partial charge on any atom is -0.326 e. The number of hydrogen-bond donors (Lipinski definition) is 1. The molecule has 0 bridgehead atoms. The molecule has 0 aliphatic carbocycles. The summed E-state index contributed by atoms with van der Waals surface area (Å²) in [7, 11) is 1.61. The van der Waals surface area contributed by atoms with Gasteiger partial charge in [-0.25, -0.2) is 8.42 Å². The number of aryl methyl sites for hydroxylation is 1. The Kier molecular flexibility index (Phi) is 2.90. The molecule has 6 heteroatoms. The maximum atomic E-state index is 11.2. The lowest BCUT2D eigenvalue weighted by atomic mass is 10.0. The molecule has 1 amide bonds. The highest BCUT2D eigenvalue weighted by molar-refractivity contribution is 8.13. The van der Waals surface area contributed by atoms with Crippen LogP contribution in [0.25, 0.3) is 0 Å². The van der Waals surface area contributed by atoms with E-state index in [2.05, 4.69) is 5.32 Å². The van der Waals surface area contributed by atoms with Crippen LogP contribution in [0.1, 0.15) is 17.5 Å². The molecule has 1 aromatic rings. The maximum Gasteiger partial charge on any atom is 0.236 e. The van der Waals surface area contributed by atoms with Gasteiger partial charge >= 0.3 is 0 Å². The second-order valence-corrected chi connectivity index (χ2v) is 6.50. The molecule has 0 spiro atoms. The number of halogens is 1. The number of rotatable bonds is 2. The zero-order valence-electron chi connectivity index (χ0n) is 8.36. The molecule has 1 aromatic carbocycles. The second-order valence-electron chi connectivity index (χ2n) is 3.72. The van der Waals surface area contributed by atoms with Crippen molar-refractivity contribution in [3.8, 4) is 0 Å². The number of fused-ring (bicyclic) bond motifs is 1. The van der Waals surface area contributed by atoms with Gasteiger partial charge in [0.1, 0.15) is 0 Å². The number of amides is 1. The van der Waals surface area contributed by atoms with Crippen LogP contribution in [0.5, 0.6) is 0 Å². The van der Waals surface area contributed by atoms with Gasteiger partial charge in [0.25, 0.3) is 0 Å². The molecule has 1 aliphatic rings. The summed E-state index contributed by atoms with van der Waals surface area (Å²) >= 11 is 0. The molecule has 1 aliphatic heterocycles. The van der Waals surface area contributed by atoms with Crippen molar-refractivity contribution in [3.05, 3.63) is 29.3 Å². The van der Waals surface area contributed by atoms with E-state index in [1.807, 2.05) is 6.07 Å². The Bertz CT molecular complexity index is 539. The van der Waals surface area contributed by atoms with E-state index in [4.69, 9.17) is 10.7 Å². The van der Waals surface area contributed by atoms with Crippen LogP contribution in [0.3, 0.4) is 0 Å². The predicted octanol–water partition coefficient (Wildman–Crippen LogP) is 1.64. The third kappa shape index (κ3) is 2.74. The van der Waals surface area contributed by atoms with Gasteiger partial charge < -0.3 is 5.32 Å². The van der Waals surface area contributed by atoms with Gasteiger partial charge in [-0.2, -0.15) is 0 Å². The Morgan fingerprint density at radius 3 is 2.75 bits per heavy atom. The lowest BCUT2D eigenvalue weighted by Crippen LogP contribution is -2.19. The van der Waals surface area contributed by atoms with Crippen molar-refractivity contribution in [2.24, 2.45) is 0 Å². The maximum absolute atomic E-state index is 11.2. The Balaban J connectivity index is 2.31. The molecular weight excluding hydrogens is 250 g/mol. The van der Waals surface area contributed by atoms with Crippen molar-refractivity contribution in [1.82, 2.24) is 0 Å². The fourth-order valence-corrected chi connectivity index (χ4v) is 2.66. The van der Waals surface area contributed by atoms with E-state index in [0.29, 0.717) is 24.1 Å². The topological polar surface area (TPSA) is 63.2 Å². The van der Waals surface area contributed by atoms with Crippen LogP contribution in [0, 0.1) is 0 Å².